The monoisotopic (exact) mass is 503 g/mol. The molecule has 1 heterocycles. The zero-order chi connectivity index (χ0) is 24.7. The molecule has 0 bridgehead atoms. The van der Waals surface area contributed by atoms with E-state index in [0.717, 1.165) is 0 Å². The molecule has 0 unspecified atom stereocenters. The van der Waals surface area contributed by atoms with Gasteiger partial charge in [0.25, 0.3) is 15.9 Å². The molecule has 13 heteroatoms. The molecule has 0 aliphatic heterocycles. The molecule has 3 aromatic rings. The number of hydrogen-bond acceptors (Lipinski definition) is 9. The maximum absolute atomic E-state index is 12.7. The molecule has 11 nitrogen and oxygen atoms in total. The van der Waals surface area contributed by atoms with Gasteiger partial charge in [0.1, 0.15) is 5.75 Å². The second kappa shape index (κ2) is 10.8. The van der Waals surface area contributed by atoms with Crippen molar-refractivity contribution in [1.82, 2.24) is 15.3 Å². The summed E-state index contributed by atoms with van der Waals surface area (Å²) in [6, 6.07) is 13.6. The average Bonchev–Trinajstić information content (AvgIpc) is 2.83. The first kappa shape index (κ1) is 24.7. The molecule has 0 atom stereocenters. The van der Waals surface area contributed by atoms with Gasteiger partial charge < -0.3 is 19.5 Å². The molecule has 0 aliphatic carbocycles. The molecule has 3 rings (SSSR count). The normalized spacial score (nSPS) is 10.7. The van der Waals surface area contributed by atoms with E-state index in [1.807, 2.05) is 0 Å². The molecule has 0 radical (unpaired) electrons. The lowest BCUT2D eigenvalue weighted by atomic mass is 10.2. The van der Waals surface area contributed by atoms with Crippen LogP contribution in [0.3, 0.4) is 0 Å². The summed E-state index contributed by atoms with van der Waals surface area (Å²) in [5.74, 6) is 0.229. The average molecular weight is 504 g/mol. The Morgan fingerprint density at radius 1 is 0.941 bits per heavy atom. The summed E-state index contributed by atoms with van der Waals surface area (Å²) in [4.78, 5) is 20.2. The number of hydrogen-bond donors (Lipinski definition) is 3. The van der Waals surface area contributed by atoms with Crippen LogP contribution in [0, 0.1) is 0 Å². The molecular weight excluding hydrogens is 482 g/mol. The molecule has 1 amide bonds. The van der Waals surface area contributed by atoms with Crippen LogP contribution in [0.1, 0.15) is 10.4 Å². The van der Waals surface area contributed by atoms with Crippen LogP contribution in [-0.2, 0) is 10.0 Å². The molecule has 0 saturated carbocycles. The van der Waals surface area contributed by atoms with E-state index >= 15 is 0 Å². The maximum Gasteiger partial charge on any atom is 0.321 e. The maximum atomic E-state index is 12.7. The molecule has 3 N–H and O–H groups in total. The fraction of sp³-hybridized carbons (Fsp3) is 0.143. The number of carbonyl (C=O) groups is 1. The Bertz CT molecular complexity index is 1280. The minimum Gasteiger partial charge on any atom is -0.497 e. The van der Waals surface area contributed by atoms with Crippen molar-refractivity contribution in [2.75, 3.05) is 31.4 Å². The number of amides is 1. The zero-order valence-corrected chi connectivity index (χ0v) is 20.0. The molecule has 0 fully saturated rings. The number of sulfonamides is 1. The van der Waals surface area contributed by atoms with Gasteiger partial charge in [-0.15, -0.1) is 0 Å². The van der Waals surface area contributed by atoms with Crippen LogP contribution in [0.25, 0.3) is 0 Å². The van der Waals surface area contributed by atoms with E-state index in [1.165, 1.54) is 51.7 Å². The Labute approximate surface area is 201 Å². The van der Waals surface area contributed by atoms with E-state index in [1.54, 1.807) is 24.3 Å². The second-order valence-electron chi connectivity index (χ2n) is 6.55. The third-order valence-electron chi connectivity index (χ3n) is 4.29. The van der Waals surface area contributed by atoms with E-state index in [2.05, 4.69) is 25.3 Å². The van der Waals surface area contributed by atoms with Gasteiger partial charge in [-0.05, 0) is 54.7 Å². The Balaban J connectivity index is 1.66. The molecule has 34 heavy (non-hydrogen) atoms. The number of ether oxygens (including phenoxy) is 3. The number of rotatable bonds is 8. The lowest BCUT2D eigenvalue weighted by molar-refractivity contribution is 0.0977. The number of methoxy groups -OCH3 is 3. The molecule has 0 saturated heterocycles. The van der Waals surface area contributed by atoms with Crippen molar-refractivity contribution in [3.63, 3.8) is 0 Å². The fourth-order valence-corrected chi connectivity index (χ4v) is 3.87. The van der Waals surface area contributed by atoms with Gasteiger partial charge in [-0.3, -0.25) is 14.8 Å². The molecule has 178 valence electrons. The molecule has 0 spiro atoms. The minimum absolute atomic E-state index is 0.0210. The number of anilines is 2. The van der Waals surface area contributed by atoms with E-state index in [-0.39, 0.29) is 27.7 Å². The lowest BCUT2D eigenvalue weighted by Crippen LogP contribution is -2.34. The highest BCUT2D eigenvalue weighted by atomic mass is 32.2. The highest BCUT2D eigenvalue weighted by molar-refractivity contribution is 7.92. The van der Waals surface area contributed by atoms with Crippen molar-refractivity contribution in [2.24, 2.45) is 0 Å². The SMILES string of the molecule is COc1cccc(C(=O)NC(=S)Nc2ccc(S(=O)(=O)Nc3cc(OC)nc(OC)n3)cc2)c1. The summed E-state index contributed by atoms with van der Waals surface area (Å²) >= 11 is 5.17. The predicted molar refractivity (Wildman–Crippen MR) is 129 cm³/mol. The lowest BCUT2D eigenvalue weighted by Gasteiger charge is -2.12. The zero-order valence-electron chi connectivity index (χ0n) is 18.4. The Morgan fingerprint density at radius 3 is 2.32 bits per heavy atom. The number of nitrogens with one attached hydrogen (secondary N) is 3. The van der Waals surface area contributed by atoms with Crippen LogP contribution >= 0.6 is 12.2 Å². The summed E-state index contributed by atoms with van der Waals surface area (Å²) in [5.41, 5.74) is 0.842. The first-order chi connectivity index (χ1) is 16.2. The van der Waals surface area contributed by atoms with Crippen molar-refractivity contribution in [2.45, 2.75) is 4.90 Å². The summed E-state index contributed by atoms with van der Waals surface area (Å²) in [5, 5.41) is 5.42. The number of carbonyl (C=O) groups excluding carboxylic acids is 1. The van der Waals surface area contributed by atoms with Crippen LogP contribution in [0.5, 0.6) is 17.6 Å². The van der Waals surface area contributed by atoms with Crippen LogP contribution in [0.2, 0.25) is 0 Å². The van der Waals surface area contributed by atoms with Crippen LogP contribution < -0.4 is 29.6 Å². The van der Waals surface area contributed by atoms with Gasteiger partial charge >= 0.3 is 6.01 Å². The molecular formula is C21H21N5O6S2. The predicted octanol–water partition coefficient (Wildman–Crippen LogP) is 2.43. The van der Waals surface area contributed by atoms with Gasteiger partial charge in [-0.2, -0.15) is 9.97 Å². The summed E-state index contributed by atoms with van der Waals surface area (Å²) < 4.78 is 42.9. The molecule has 1 aromatic heterocycles. The minimum atomic E-state index is -3.96. The number of aromatic nitrogens is 2. The third-order valence-corrected chi connectivity index (χ3v) is 5.87. The Kier molecular flexibility index (Phi) is 7.81. The Morgan fingerprint density at radius 2 is 1.68 bits per heavy atom. The highest BCUT2D eigenvalue weighted by Gasteiger charge is 2.17. The van der Waals surface area contributed by atoms with Crippen molar-refractivity contribution in [3.8, 4) is 17.6 Å². The van der Waals surface area contributed by atoms with Gasteiger partial charge in [-0.25, -0.2) is 8.42 Å². The summed E-state index contributed by atoms with van der Waals surface area (Å²) in [6.45, 7) is 0. The molecule has 0 aliphatic rings. The smallest absolute Gasteiger partial charge is 0.321 e. The van der Waals surface area contributed by atoms with Gasteiger partial charge in [0.2, 0.25) is 5.88 Å². The summed E-state index contributed by atoms with van der Waals surface area (Å²) in [7, 11) is 0.274. The second-order valence-corrected chi connectivity index (χ2v) is 8.64. The van der Waals surface area contributed by atoms with Crippen LogP contribution in [0.15, 0.2) is 59.5 Å². The van der Waals surface area contributed by atoms with Crippen molar-refractivity contribution < 1.29 is 27.4 Å². The highest BCUT2D eigenvalue weighted by Crippen LogP contribution is 2.21. The summed E-state index contributed by atoms with van der Waals surface area (Å²) in [6.07, 6.45) is 0. The van der Waals surface area contributed by atoms with Crippen molar-refractivity contribution in [3.05, 3.63) is 60.2 Å². The first-order valence-corrected chi connectivity index (χ1v) is 11.5. The van der Waals surface area contributed by atoms with Gasteiger partial charge in [0.05, 0.1) is 26.2 Å². The quantitative estimate of drug-likeness (QED) is 0.393. The van der Waals surface area contributed by atoms with Gasteiger partial charge in [-0.1, -0.05) is 6.07 Å². The van der Waals surface area contributed by atoms with Gasteiger partial charge in [0.15, 0.2) is 10.9 Å². The van der Waals surface area contributed by atoms with E-state index in [9.17, 15) is 13.2 Å². The third kappa shape index (κ3) is 6.30. The number of thiocarbonyl (C=S) groups is 1. The number of nitrogens with zero attached hydrogens (tertiary/aromatic N) is 2. The van der Waals surface area contributed by atoms with Crippen molar-refractivity contribution in [1.29, 1.82) is 0 Å². The van der Waals surface area contributed by atoms with Crippen molar-refractivity contribution >= 4 is 44.8 Å². The number of benzene rings is 2. The van der Waals surface area contributed by atoms with Gasteiger partial charge in [0, 0.05) is 17.3 Å². The standard InChI is InChI=1S/C21H21N5O6S2/c1-30-15-6-4-5-13(11-15)19(27)25-21(33)22-14-7-9-16(10-8-14)34(28,29)26-17-12-18(31-2)24-20(23-17)32-3/h4-12H,1-3H3,(H,23,24,26)(H2,22,25,27,33). The Hall–Kier alpha value is -3.97. The fourth-order valence-electron chi connectivity index (χ4n) is 2.67. The van der Waals surface area contributed by atoms with Crippen LogP contribution in [-0.4, -0.2) is 50.7 Å². The molecule has 2 aromatic carbocycles. The topological polar surface area (TPSA) is 141 Å². The van der Waals surface area contributed by atoms with E-state index in [0.29, 0.717) is 17.0 Å². The van der Waals surface area contributed by atoms with E-state index < -0.39 is 15.9 Å². The largest absolute Gasteiger partial charge is 0.497 e. The van der Waals surface area contributed by atoms with Crippen LogP contribution in [0.4, 0.5) is 11.5 Å². The first-order valence-electron chi connectivity index (χ1n) is 9.60. The van der Waals surface area contributed by atoms with E-state index in [4.69, 9.17) is 26.4 Å².